The van der Waals surface area contributed by atoms with Gasteiger partial charge in [-0.3, -0.25) is 0 Å². The van der Waals surface area contributed by atoms with Gasteiger partial charge in [0.25, 0.3) is 0 Å². The molecule has 0 N–H and O–H groups in total. The molecule has 0 aliphatic heterocycles. The summed E-state index contributed by atoms with van der Waals surface area (Å²) in [7, 11) is 0. The molecule has 2 heterocycles. The van der Waals surface area contributed by atoms with E-state index in [1.54, 1.807) is 0 Å². The summed E-state index contributed by atoms with van der Waals surface area (Å²) >= 11 is 0. The molecule has 0 amide bonds. The number of rotatable bonds is 5. The lowest BCUT2D eigenvalue weighted by atomic mass is 9.93. The molecule has 1 aliphatic rings. The molecule has 1 atom stereocenters. The first-order valence-electron chi connectivity index (χ1n) is 18.5. The highest BCUT2D eigenvalue weighted by atomic mass is 15.0. The van der Waals surface area contributed by atoms with Gasteiger partial charge in [-0.2, -0.15) is 0 Å². The Hall–Kier alpha value is -7.10. The third-order valence-electron chi connectivity index (χ3n) is 11.1. The van der Waals surface area contributed by atoms with Crippen LogP contribution in [0.3, 0.4) is 0 Å². The monoisotopic (exact) mass is 687 g/mol. The van der Waals surface area contributed by atoms with Crippen molar-refractivity contribution in [3.8, 4) is 50.3 Å². The predicted molar refractivity (Wildman–Crippen MR) is 223 cm³/mol. The van der Waals surface area contributed by atoms with Gasteiger partial charge in [0.05, 0.1) is 28.2 Å². The molecule has 0 saturated heterocycles. The normalized spacial score (nSPS) is 13.4. The molecule has 10 aromatic rings. The molecular weight excluding hydrogens is 655 g/mol. The first-order chi connectivity index (χ1) is 26.8. The number of para-hydroxylation sites is 3. The minimum absolute atomic E-state index is 0.0859. The molecule has 0 saturated carbocycles. The van der Waals surface area contributed by atoms with E-state index in [1.165, 1.54) is 72.0 Å². The molecule has 54 heavy (non-hydrogen) atoms. The minimum atomic E-state index is -0.0859. The standard InChI is InChI=1S/C51H33N3/c1-3-14-33(15-4-1)34-16-13-17-37(30-34)50-43-23-9-11-24-46(43)52-51(53-50)49-41-22-8-7-20-39(41)44-31-35(26-28-42(44)49)36-27-29-48-45(32-36)40-21-10-12-25-47(40)54(48)38-18-5-2-6-19-38/h1-32,49H. The number of hydrogen-bond donors (Lipinski definition) is 0. The second-order valence-electron chi connectivity index (χ2n) is 14.1. The fourth-order valence-electron chi connectivity index (χ4n) is 8.59. The number of aromatic nitrogens is 3. The Morgan fingerprint density at radius 2 is 1.00 bits per heavy atom. The van der Waals surface area contributed by atoms with E-state index in [0.717, 1.165) is 28.0 Å². The zero-order valence-corrected chi connectivity index (χ0v) is 29.4. The SMILES string of the molecule is c1ccc(-c2cccc(-c3nc(C4c5ccccc5-c5cc(-c6ccc7c(c6)c6ccccc6n7-c6ccccc6)ccc54)nc4ccccc34)c2)cc1. The van der Waals surface area contributed by atoms with Crippen molar-refractivity contribution in [2.45, 2.75) is 5.92 Å². The van der Waals surface area contributed by atoms with Crippen LogP contribution in [0.5, 0.6) is 0 Å². The zero-order valence-electron chi connectivity index (χ0n) is 29.4. The van der Waals surface area contributed by atoms with Gasteiger partial charge in [-0.15, -0.1) is 0 Å². The lowest BCUT2D eigenvalue weighted by Crippen LogP contribution is -2.07. The summed E-state index contributed by atoms with van der Waals surface area (Å²) in [6.45, 7) is 0. The van der Waals surface area contributed by atoms with Gasteiger partial charge in [-0.1, -0.05) is 146 Å². The van der Waals surface area contributed by atoms with Gasteiger partial charge in [0, 0.05) is 27.4 Å². The molecule has 0 bridgehead atoms. The van der Waals surface area contributed by atoms with Gasteiger partial charge in [-0.05, 0) is 93.0 Å². The van der Waals surface area contributed by atoms with Crippen molar-refractivity contribution >= 4 is 32.7 Å². The molecule has 1 unspecified atom stereocenters. The van der Waals surface area contributed by atoms with Gasteiger partial charge in [0.2, 0.25) is 0 Å². The van der Waals surface area contributed by atoms with Crippen LogP contribution in [0.15, 0.2) is 194 Å². The largest absolute Gasteiger partial charge is 0.309 e. The maximum absolute atomic E-state index is 5.44. The summed E-state index contributed by atoms with van der Waals surface area (Å²) in [5, 5.41) is 3.56. The summed E-state index contributed by atoms with van der Waals surface area (Å²) in [5.74, 6) is 0.736. The van der Waals surface area contributed by atoms with Crippen LogP contribution in [0.25, 0.3) is 83.0 Å². The van der Waals surface area contributed by atoms with E-state index in [0.29, 0.717) is 0 Å². The molecule has 0 spiro atoms. The van der Waals surface area contributed by atoms with Crippen molar-refractivity contribution < 1.29 is 0 Å². The van der Waals surface area contributed by atoms with E-state index in [-0.39, 0.29) is 5.92 Å². The number of nitrogens with zero attached hydrogens (tertiary/aromatic N) is 3. The van der Waals surface area contributed by atoms with E-state index in [4.69, 9.17) is 9.97 Å². The Morgan fingerprint density at radius 1 is 0.370 bits per heavy atom. The molecule has 11 rings (SSSR count). The van der Waals surface area contributed by atoms with Gasteiger partial charge >= 0.3 is 0 Å². The van der Waals surface area contributed by atoms with Crippen LogP contribution in [0, 0.1) is 0 Å². The molecule has 8 aromatic carbocycles. The summed E-state index contributed by atoms with van der Waals surface area (Å²) in [5.41, 5.74) is 16.3. The van der Waals surface area contributed by atoms with Gasteiger partial charge in [0.15, 0.2) is 0 Å². The van der Waals surface area contributed by atoms with Crippen molar-refractivity contribution in [3.63, 3.8) is 0 Å². The fraction of sp³-hybridized carbons (Fsp3) is 0.0196. The van der Waals surface area contributed by atoms with Crippen LogP contribution < -0.4 is 0 Å². The van der Waals surface area contributed by atoms with Crippen LogP contribution in [-0.2, 0) is 0 Å². The lowest BCUT2D eigenvalue weighted by Gasteiger charge is -2.16. The van der Waals surface area contributed by atoms with Gasteiger partial charge < -0.3 is 4.57 Å². The van der Waals surface area contributed by atoms with Crippen molar-refractivity contribution in [1.82, 2.24) is 14.5 Å². The number of hydrogen-bond acceptors (Lipinski definition) is 2. The highest BCUT2D eigenvalue weighted by Crippen LogP contribution is 2.49. The van der Waals surface area contributed by atoms with Crippen LogP contribution in [-0.4, -0.2) is 14.5 Å². The van der Waals surface area contributed by atoms with E-state index in [9.17, 15) is 0 Å². The second kappa shape index (κ2) is 12.3. The first kappa shape index (κ1) is 30.5. The van der Waals surface area contributed by atoms with Crippen LogP contribution in [0.4, 0.5) is 0 Å². The van der Waals surface area contributed by atoms with Crippen molar-refractivity contribution in [1.29, 1.82) is 0 Å². The van der Waals surface area contributed by atoms with E-state index >= 15 is 0 Å². The van der Waals surface area contributed by atoms with E-state index < -0.39 is 0 Å². The molecule has 3 nitrogen and oxygen atoms in total. The smallest absolute Gasteiger partial charge is 0.141 e. The third-order valence-corrected chi connectivity index (χ3v) is 11.1. The zero-order chi connectivity index (χ0) is 35.6. The summed E-state index contributed by atoms with van der Waals surface area (Å²) in [6.07, 6.45) is 0. The summed E-state index contributed by atoms with van der Waals surface area (Å²) < 4.78 is 2.37. The quantitative estimate of drug-likeness (QED) is 0.180. The molecule has 0 fully saturated rings. The molecule has 252 valence electrons. The van der Waals surface area contributed by atoms with Crippen LogP contribution in [0.1, 0.15) is 22.9 Å². The molecular formula is C51H33N3. The van der Waals surface area contributed by atoms with Crippen LogP contribution >= 0.6 is 0 Å². The van der Waals surface area contributed by atoms with Crippen molar-refractivity contribution in [3.05, 3.63) is 211 Å². The minimum Gasteiger partial charge on any atom is -0.309 e. The maximum atomic E-state index is 5.44. The van der Waals surface area contributed by atoms with E-state index in [2.05, 4.69) is 199 Å². The Morgan fingerprint density at radius 3 is 1.89 bits per heavy atom. The van der Waals surface area contributed by atoms with Crippen LogP contribution in [0.2, 0.25) is 0 Å². The average molecular weight is 688 g/mol. The molecule has 1 aliphatic carbocycles. The Labute approximate surface area is 313 Å². The van der Waals surface area contributed by atoms with Gasteiger partial charge in [0.1, 0.15) is 5.82 Å². The number of fused-ring (bicyclic) bond motifs is 7. The van der Waals surface area contributed by atoms with E-state index in [1.807, 2.05) is 0 Å². The van der Waals surface area contributed by atoms with Gasteiger partial charge in [-0.25, -0.2) is 9.97 Å². The Kier molecular flexibility index (Phi) is 6.93. The average Bonchev–Trinajstić information content (AvgIpc) is 3.76. The molecule has 0 radical (unpaired) electrons. The van der Waals surface area contributed by atoms with Crippen molar-refractivity contribution in [2.24, 2.45) is 0 Å². The fourth-order valence-corrected chi connectivity index (χ4v) is 8.59. The Bertz CT molecular complexity index is 3050. The summed E-state index contributed by atoms with van der Waals surface area (Å²) in [6, 6.07) is 69.7. The molecule has 3 heteroatoms. The predicted octanol–water partition coefficient (Wildman–Crippen LogP) is 12.9. The first-order valence-corrected chi connectivity index (χ1v) is 18.5. The maximum Gasteiger partial charge on any atom is 0.141 e. The topological polar surface area (TPSA) is 30.7 Å². The Balaban J connectivity index is 1.05. The molecule has 2 aromatic heterocycles. The highest BCUT2D eigenvalue weighted by molar-refractivity contribution is 6.10. The third kappa shape index (κ3) is 4.83. The number of benzene rings is 8. The summed E-state index contributed by atoms with van der Waals surface area (Å²) in [4.78, 5) is 10.7. The highest BCUT2D eigenvalue weighted by Gasteiger charge is 2.33. The lowest BCUT2D eigenvalue weighted by molar-refractivity contribution is 0.891. The second-order valence-corrected chi connectivity index (χ2v) is 14.1. The van der Waals surface area contributed by atoms with Crippen molar-refractivity contribution in [2.75, 3.05) is 0 Å².